The molecule has 1 rings (SSSR count). The van der Waals surface area contributed by atoms with Crippen LogP contribution >= 0.6 is 0 Å². The van der Waals surface area contributed by atoms with Gasteiger partial charge in [-0.2, -0.15) is 0 Å². The molecule has 0 bridgehead atoms. The number of amides is 1. The van der Waals surface area contributed by atoms with Crippen molar-refractivity contribution in [3.8, 4) is 0 Å². The smallest absolute Gasteiger partial charge is 0.240 e. The summed E-state index contributed by atoms with van der Waals surface area (Å²) in [5, 5.41) is 3.30. The molecule has 1 fully saturated rings. The van der Waals surface area contributed by atoms with E-state index in [9.17, 15) is 4.79 Å². The maximum Gasteiger partial charge on any atom is 0.240 e. The summed E-state index contributed by atoms with van der Waals surface area (Å²) in [4.78, 5) is 17.2. The molecule has 1 unspecified atom stereocenters. The summed E-state index contributed by atoms with van der Waals surface area (Å²) in [5.74, 6) is 0.634. The Bertz CT molecular complexity index is 290. The first-order valence-corrected chi connectivity index (χ1v) is 7.55. The molecule has 1 saturated heterocycles. The third-order valence-corrected chi connectivity index (χ3v) is 3.85. The van der Waals surface area contributed by atoms with E-state index in [-0.39, 0.29) is 11.6 Å². The number of likely N-dealkylation sites (N-methyl/N-ethyl adjacent to an activating group) is 1. The van der Waals surface area contributed by atoms with Crippen molar-refractivity contribution >= 4 is 5.91 Å². The van der Waals surface area contributed by atoms with Gasteiger partial charge in [0.05, 0.1) is 6.04 Å². The number of carbonyl (C=O) groups excluding carboxylic acids is 1. The minimum atomic E-state index is -0.0110. The van der Waals surface area contributed by atoms with Gasteiger partial charge in [0.1, 0.15) is 0 Å². The van der Waals surface area contributed by atoms with Gasteiger partial charge in [0.25, 0.3) is 0 Å². The average Bonchev–Trinajstić information content (AvgIpc) is 2.34. The number of hydrogen-bond donors (Lipinski definition) is 1. The van der Waals surface area contributed by atoms with Gasteiger partial charge in [0, 0.05) is 31.7 Å². The molecule has 1 aliphatic rings. The monoisotopic (exact) mass is 269 g/mol. The Hall–Kier alpha value is -0.610. The summed E-state index contributed by atoms with van der Waals surface area (Å²) >= 11 is 0. The Kier molecular flexibility index (Phi) is 5.81. The van der Waals surface area contributed by atoms with E-state index in [0.29, 0.717) is 11.8 Å². The minimum absolute atomic E-state index is 0.0110. The molecule has 1 N–H and O–H groups in total. The van der Waals surface area contributed by atoms with E-state index >= 15 is 0 Å². The summed E-state index contributed by atoms with van der Waals surface area (Å²) in [6.07, 6.45) is 0. The Morgan fingerprint density at radius 2 is 1.79 bits per heavy atom. The maximum atomic E-state index is 12.8. The SMILES string of the molecule is CCN(C(C(=O)N1CCNCC1)C(C)C)C(C)(C)C. The lowest BCUT2D eigenvalue weighted by atomic mass is 9.94. The average molecular weight is 269 g/mol. The second-order valence-electron chi connectivity index (χ2n) is 6.72. The van der Waals surface area contributed by atoms with Crippen LogP contribution in [0.2, 0.25) is 0 Å². The number of rotatable bonds is 4. The minimum Gasteiger partial charge on any atom is -0.339 e. The zero-order valence-electron chi connectivity index (χ0n) is 13.5. The van der Waals surface area contributed by atoms with E-state index < -0.39 is 0 Å². The highest BCUT2D eigenvalue weighted by atomic mass is 16.2. The third-order valence-electron chi connectivity index (χ3n) is 3.85. The van der Waals surface area contributed by atoms with Crippen molar-refractivity contribution in [2.45, 2.75) is 53.1 Å². The van der Waals surface area contributed by atoms with Crippen molar-refractivity contribution in [2.75, 3.05) is 32.7 Å². The van der Waals surface area contributed by atoms with Gasteiger partial charge in [0.15, 0.2) is 0 Å². The van der Waals surface area contributed by atoms with Crippen LogP contribution < -0.4 is 5.32 Å². The van der Waals surface area contributed by atoms with Crippen molar-refractivity contribution in [3.05, 3.63) is 0 Å². The van der Waals surface area contributed by atoms with Gasteiger partial charge >= 0.3 is 0 Å². The lowest BCUT2D eigenvalue weighted by Crippen LogP contribution is -2.59. The van der Waals surface area contributed by atoms with Gasteiger partial charge in [-0.15, -0.1) is 0 Å². The standard InChI is InChI=1S/C15H31N3O/c1-7-18(15(4,5)6)13(12(2)3)14(19)17-10-8-16-9-11-17/h12-13,16H,7-11H2,1-6H3. The van der Waals surface area contributed by atoms with Gasteiger partial charge in [0.2, 0.25) is 5.91 Å². The normalized spacial score (nSPS) is 19.1. The first kappa shape index (κ1) is 16.4. The van der Waals surface area contributed by atoms with Crippen LogP contribution in [0.5, 0.6) is 0 Å². The molecule has 112 valence electrons. The zero-order chi connectivity index (χ0) is 14.6. The Morgan fingerprint density at radius 3 is 2.16 bits per heavy atom. The molecular formula is C15H31N3O. The summed E-state index contributed by atoms with van der Waals surface area (Å²) < 4.78 is 0. The van der Waals surface area contributed by atoms with E-state index in [4.69, 9.17) is 0 Å². The topological polar surface area (TPSA) is 35.6 Å². The molecule has 0 radical (unpaired) electrons. The molecule has 1 heterocycles. The molecule has 1 aliphatic heterocycles. The fourth-order valence-electron chi connectivity index (χ4n) is 2.94. The van der Waals surface area contributed by atoms with Gasteiger partial charge < -0.3 is 10.2 Å². The van der Waals surface area contributed by atoms with Gasteiger partial charge in [-0.05, 0) is 33.2 Å². The van der Waals surface area contributed by atoms with E-state index in [1.165, 1.54) is 0 Å². The molecule has 4 heteroatoms. The van der Waals surface area contributed by atoms with Crippen molar-refractivity contribution in [1.29, 1.82) is 0 Å². The first-order chi connectivity index (χ1) is 8.79. The van der Waals surface area contributed by atoms with Gasteiger partial charge in [-0.1, -0.05) is 20.8 Å². The molecule has 0 saturated carbocycles. The molecule has 4 nitrogen and oxygen atoms in total. The molecule has 0 aliphatic carbocycles. The highest BCUT2D eigenvalue weighted by Gasteiger charge is 2.37. The fourth-order valence-corrected chi connectivity index (χ4v) is 2.94. The third kappa shape index (κ3) is 4.18. The second kappa shape index (κ2) is 6.71. The van der Waals surface area contributed by atoms with Crippen LogP contribution in [0.4, 0.5) is 0 Å². The van der Waals surface area contributed by atoms with Crippen LogP contribution in [0, 0.1) is 5.92 Å². The van der Waals surface area contributed by atoms with Crippen molar-refractivity contribution in [2.24, 2.45) is 5.92 Å². The predicted molar refractivity (Wildman–Crippen MR) is 80.2 cm³/mol. The largest absolute Gasteiger partial charge is 0.339 e. The molecule has 19 heavy (non-hydrogen) atoms. The van der Waals surface area contributed by atoms with Crippen molar-refractivity contribution < 1.29 is 4.79 Å². The molecular weight excluding hydrogens is 238 g/mol. The summed E-state index contributed by atoms with van der Waals surface area (Å²) in [6.45, 7) is 17.4. The van der Waals surface area contributed by atoms with Crippen molar-refractivity contribution in [1.82, 2.24) is 15.1 Å². The summed E-state index contributed by atoms with van der Waals surface area (Å²) in [6, 6.07) is -0.0110. The van der Waals surface area contributed by atoms with E-state index in [1.807, 2.05) is 4.90 Å². The number of hydrogen-bond acceptors (Lipinski definition) is 3. The number of nitrogens with one attached hydrogen (secondary N) is 1. The summed E-state index contributed by atoms with van der Waals surface area (Å²) in [5.41, 5.74) is 0.0212. The van der Waals surface area contributed by atoms with Crippen LogP contribution in [0.15, 0.2) is 0 Å². The summed E-state index contributed by atoms with van der Waals surface area (Å²) in [7, 11) is 0. The Morgan fingerprint density at radius 1 is 1.26 bits per heavy atom. The highest BCUT2D eigenvalue weighted by molar-refractivity contribution is 5.82. The fraction of sp³-hybridized carbons (Fsp3) is 0.933. The number of piperazine rings is 1. The van der Waals surface area contributed by atoms with Crippen molar-refractivity contribution in [3.63, 3.8) is 0 Å². The van der Waals surface area contributed by atoms with E-state index in [0.717, 1.165) is 32.7 Å². The highest BCUT2D eigenvalue weighted by Crippen LogP contribution is 2.23. The van der Waals surface area contributed by atoms with Crippen LogP contribution in [-0.4, -0.2) is 60.0 Å². The molecule has 0 aromatic rings. The molecule has 0 aromatic heterocycles. The quantitative estimate of drug-likeness (QED) is 0.841. The number of carbonyl (C=O) groups is 1. The lowest BCUT2D eigenvalue weighted by Gasteiger charge is -2.44. The Labute approximate surface area is 118 Å². The zero-order valence-corrected chi connectivity index (χ0v) is 13.5. The van der Waals surface area contributed by atoms with Gasteiger partial charge in [-0.3, -0.25) is 9.69 Å². The molecule has 0 spiro atoms. The molecule has 1 atom stereocenters. The molecule has 0 aromatic carbocycles. The van der Waals surface area contributed by atoms with E-state index in [2.05, 4.69) is 51.8 Å². The number of nitrogens with zero attached hydrogens (tertiary/aromatic N) is 2. The van der Waals surface area contributed by atoms with Crippen LogP contribution in [0.25, 0.3) is 0 Å². The predicted octanol–water partition coefficient (Wildman–Crippen LogP) is 1.56. The first-order valence-electron chi connectivity index (χ1n) is 7.55. The van der Waals surface area contributed by atoms with Crippen LogP contribution in [0.3, 0.4) is 0 Å². The second-order valence-corrected chi connectivity index (χ2v) is 6.72. The molecule has 1 amide bonds. The van der Waals surface area contributed by atoms with Crippen LogP contribution in [0.1, 0.15) is 41.5 Å². The van der Waals surface area contributed by atoms with Crippen LogP contribution in [-0.2, 0) is 4.79 Å². The van der Waals surface area contributed by atoms with E-state index in [1.54, 1.807) is 0 Å². The lowest BCUT2D eigenvalue weighted by molar-refractivity contribution is -0.141. The maximum absolute atomic E-state index is 12.8. The Balaban J connectivity index is 2.89. The van der Waals surface area contributed by atoms with Gasteiger partial charge in [-0.25, -0.2) is 0 Å².